The summed E-state index contributed by atoms with van der Waals surface area (Å²) in [4.78, 5) is 79.3. The molecular formula is C38H45N5O7. The second-order valence-corrected chi connectivity index (χ2v) is 12.7. The Morgan fingerprint density at radius 3 is 1.88 bits per heavy atom. The van der Waals surface area contributed by atoms with Gasteiger partial charge in [0.15, 0.2) is 0 Å². The summed E-state index contributed by atoms with van der Waals surface area (Å²) in [6.07, 6.45) is -0.134. The summed E-state index contributed by atoms with van der Waals surface area (Å²) in [5.74, 6) is -4.02. The molecule has 264 valence electrons. The van der Waals surface area contributed by atoms with Crippen molar-refractivity contribution in [2.45, 2.75) is 70.8 Å². The number of carbonyl (C=O) groups is 6. The molecule has 0 aromatic heterocycles. The molecule has 4 atom stereocenters. The number of hydrogen-bond donors (Lipinski definition) is 5. The van der Waals surface area contributed by atoms with E-state index in [1.54, 1.807) is 24.3 Å². The number of benzene rings is 3. The van der Waals surface area contributed by atoms with Crippen LogP contribution in [0.5, 0.6) is 0 Å². The lowest BCUT2D eigenvalue weighted by Crippen LogP contribution is -2.57. The van der Waals surface area contributed by atoms with Crippen molar-refractivity contribution < 1.29 is 33.5 Å². The number of ether oxygens (including phenoxy) is 1. The van der Waals surface area contributed by atoms with Gasteiger partial charge in [-0.25, -0.2) is 4.79 Å². The summed E-state index contributed by atoms with van der Waals surface area (Å²) in [6.45, 7) is 4.27. The van der Waals surface area contributed by atoms with Gasteiger partial charge in [0.1, 0.15) is 18.7 Å². The van der Waals surface area contributed by atoms with Crippen LogP contribution in [0.15, 0.2) is 91.0 Å². The molecule has 0 radical (unpaired) electrons. The number of ketones is 1. The van der Waals surface area contributed by atoms with Gasteiger partial charge in [0, 0.05) is 25.4 Å². The third-order valence-electron chi connectivity index (χ3n) is 8.28. The van der Waals surface area contributed by atoms with Gasteiger partial charge in [-0.2, -0.15) is 0 Å². The van der Waals surface area contributed by atoms with Crippen molar-refractivity contribution in [3.05, 3.63) is 108 Å². The first-order chi connectivity index (χ1) is 24.1. The molecule has 1 aliphatic rings. The molecule has 0 bridgehead atoms. The van der Waals surface area contributed by atoms with Crippen molar-refractivity contribution >= 4 is 35.5 Å². The lowest BCUT2D eigenvalue weighted by molar-refractivity contribution is -0.141. The van der Waals surface area contributed by atoms with E-state index >= 15 is 0 Å². The van der Waals surface area contributed by atoms with Crippen LogP contribution in [0.1, 0.15) is 49.8 Å². The summed E-state index contributed by atoms with van der Waals surface area (Å²) in [6, 6.07) is 23.7. The van der Waals surface area contributed by atoms with E-state index in [2.05, 4.69) is 26.6 Å². The van der Waals surface area contributed by atoms with Crippen LogP contribution in [-0.2, 0) is 48.3 Å². The highest BCUT2D eigenvalue weighted by Crippen LogP contribution is 2.18. The lowest BCUT2D eigenvalue weighted by Gasteiger charge is -2.26. The van der Waals surface area contributed by atoms with E-state index in [1.807, 2.05) is 80.6 Å². The highest BCUT2D eigenvalue weighted by atomic mass is 16.5. The van der Waals surface area contributed by atoms with Crippen LogP contribution in [0, 0.1) is 11.8 Å². The molecule has 0 saturated carbocycles. The van der Waals surface area contributed by atoms with E-state index in [4.69, 9.17) is 4.74 Å². The smallest absolute Gasteiger partial charge is 0.408 e. The zero-order chi connectivity index (χ0) is 35.9. The maximum Gasteiger partial charge on any atom is 0.408 e. The number of amides is 5. The van der Waals surface area contributed by atoms with E-state index < -0.39 is 53.6 Å². The highest BCUT2D eigenvalue weighted by Gasteiger charge is 2.36. The van der Waals surface area contributed by atoms with E-state index in [1.165, 1.54) is 0 Å². The Hall–Kier alpha value is -5.52. The Morgan fingerprint density at radius 2 is 1.30 bits per heavy atom. The standard InChI is InChI=1S/C38H45N5O7/c1-25(2)20-31(42-36(47)32(21-26-12-6-3-7-13-26)43-38(49)50-24-28-16-10-5-11-17-28)35(46)41-30(22-29-18-19-39-34(29)45)33(44)37(48)40-23-27-14-8-4-9-15-27/h3-17,25,29-32H,18-24H2,1-2H3,(H,39,45)(H,40,48)(H,41,46)(H,42,47)(H,43,49)/t29-,30-,31-,32-/m0/s1. The molecule has 12 heteroatoms. The molecule has 1 heterocycles. The average molecular weight is 684 g/mol. The van der Waals surface area contributed by atoms with Crippen molar-refractivity contribution in [1.29, 1.82) is 0 Å². The Balaban J connectivity index is 1.48. The normalized spacial score (nSPS) is 15.6. The van der Waals surface area contributed by atoms with Crippen LogP contribution in [0.25, 0.3) is 0 Å². The molecule has 0 unspecified atom stereocenters. The van der Waals surface area contributed by atoms with Gasteiger partial charge < -0.3 is 31.3 Å². The number of alkyl carbamates (subject to hydrolysis) is 1. The van der Waals surface area contributed by atoms with Crippen molar-refractivity contribution in [2.75, 3.05) is 6.54 Å². The van der Waals surface area contributed by atoms with Crippen LogP contribution in [0.3, 0.4) is 0 Å². The minimum absolute atomic E-state index is 0.00190. The number of carbonyl (C=O) groups excluding carboxylic acids is 6. The quantitative estimate of drug-likeness (QED) is 0.136. The second kappa shape index (κ2) is 18.9. The number of hydrogen-bond acceptors (Lipinski definition) is 7. The van der Waals surface area contributed by atoms with E-state index in [9.17, 15) is 28.8 Å². The van der Waals surface area contributed by atoms with Gasteiger partial charge in [0.2, 0.25) is 23.5 Å². The van der Waals surface area contributed by atoms with Crippen molar-refractivity contribution in [1.82, 2.24) is 26.6 Å². The minimum atomic E-state index is -1.31. The van der Waals surface area contributed by atoms with E-state index in [0.29, 0.717) is 13.0 Å². The largest absolute Gasteiger partial charge is 0.445 e. The number of rotatable bonds is 17. The number of nitrogens with one attached hydrogen (secondary N) is 5. The van der Waals surface area contributed by atoms with Gasteiger partial charge in [0.05, 0.1) is 6.04 Å². The highest BCUT2D eigenvalue weighted by molar-refractivity contribution is 6.38. The van der Waals surface area contributed by atoms with Crippen LogP contribution >= 0.6 is 0 Å². The fraction of sp³-hybridized carbons (Fsp3) is 0.368. The summed E-state index contributed by atoms with van der Waals surface area (Å²) in [7, 11) is 0. The topological polar surface area (TPSA) is 172 Å². The maximum absolute atomic E-state index is 13.8. The first kappa shape index (κ1) is 37.3. The molecule has 1 saturated heterocycles. The van der Waals surface area contributed by atoms with Gasteiger partial charge in [-0.15, -0.1) is 0 Å². The van der Waals surface area contributed by atoms with Crippen LogP contribution < -0.4 is 26.6 Å². The third kappa shape index (κ3) is 11.9. The molecule has 3 aromatic rings. The molecule has 12 nitrogen and oxygen atoms in total. The SMILES string of the molecule is CC(C)C[C@H](NC(=O)[C@H](Cc1ccccc1)NC(=O)OCc1ccccc1)C(=O)N[C@@H](C[C@@H]1CCNC1=O)C(=O)C(=O)NCc1ccccc1. The molecule has 0 aliphatic carbocycles. The fourth-order valence-corrected chi connectivity index (χ4v) is 5.62. The third-order valence-corrected chi connectivity index (χ3v) is 8.28. The van der Waals surface area contributed by atoms with E-state index in [0.717, 1.165) is 16.7 Å². The lowest BCUT2D eigenvalue weighted by atomic mass is 9.94. The molecule has 3 aromatic carbocycles. The zero-order valence-corrected chi connectivity index (χ0v) is 28.4. The van der Waals surface area contributed by atoms with Gasteiger partial charge >= 0.3 is 6.09 Å². The van der Waals surface area contributed by atoms with Gasteiger partial charge in [-0.05, 0) is 41.9 Å². The van der Waals surface area contributed by atoms with Gasteiger partial charge in [-0.1, -0.05) is 105 Å². The molecule has 0 spiro atoms. The molecular weight excluding hydrogens is 638 g/mol. The van der Waals surface area contributed by atoms with Crippen molar-refractivity contribution in [2.24, 2.45) is 11.8 Å². The fourth-order valence-electron chi connectivity index (χ4n) is 5.62. The van der Waals surface area contributed by atoms with Crippen molar-refractivity contribution in [3.8, 4) is 0 Å². The first-order valence-electron chi connectivity index (χ1n) is 16.8. The predicted octanol–water partition coefficient (Wildman–Crippen LogP) is 2.95. The second-order valence-electron chi connectivity index (χ2n) is 12.7. The molecule has 4 rings (SSSR count). The summed E-state index contributed by atoms with van der Waals surface area (Å²) >= 11 is 0. The molecule has 5 amide bonds. The number of Topliss-reactive ketones (excluding diaryl/α,β-unsaturated/α-hetero) is 1. The Labute approximate surface area is 292 Å². The minimum Gasteiger partial charge on any atom is -0.445 e. The van der Waals surface area contributed by atoms with Crippen LogP contribution in [0.2, 0.25) is 0 Å². The maximum atomic E-state index is 13.8. The Bertz CT molecular complexity index is 1600. The van der Waals surface area contributed by atoms with Crippen LogP contribution in [0.4, 0.5) is 4.79 Å². The van der Waals surface area contributed by atoms with Crippen molar-refractivity contribution in [3.63, 3.8) is 0 Å². The first-order valence-corrected chi connectivity index (χ1v) is 16.8. The molecule has 1 aliphatic heterocycles. The van der Waals surface area contributed by atoms with E-state index in [-0.39, 0.29) is 44.2 Å². The van der Waals surface area contributed by atoms with Gasteiger partial charge in [0.25, 0.3) is 5.91 Å². The van der Waals surface area contributed by atoms with Gasteiger partial charge in [-0.3, -0.25) is 24.0 Å². The Morgan fingerprint density at radius 1 is 0.740 bits per heavy atom. The molecule has 50 heavy (non-hydrogen) atoms. The summed E-state index contributed by atoms with van der Waals surface area (Å²) in [5, 5.41) is 13.4. The summed E-state index contributed by atoms with van der Waals surface area (Å²) in [5.41, 5.74) is 2.32. The average Bonchev–Trinajstić information content (AvgIpc) is 3.53. The summed E-state index contributed by atoms with van der Waals surface area (Å²) < 4.78 is 5.37. The Kier molecular flexibility index (Phi) is 14.1. The molecule has 5 N–H and O–H groups in total. The molecule has 1 fully saturated rings. The van der Waals surface area contributed by atoms with Crippen LogP contribution in [-0.4, -0.2) is 60.2 Å². The monoisotopic (exact) mass is 683 g/mol. The zero-order valence-electron chi connectivity index (χ0n) is 28.4. The predicted molar refractivity (Wildman–Crippen MR) is 186 cm³/mol.